The number of fused-ring (bicyclic) bond motifs is 1. The van der Waals surface area contributed by atoms with Crippen molar-refractivity contribution in [1.29, 1.82) is 0 Å². The number of hydrogen-bond donors (Lipinski definition) is 2. The molecule has 3 aromatic heterocycles. The van der Waals surface area contributed by atoms with E-state index in [-0.39, 0.29) is 0 Å². The van der Waals surface area contributed by atoms with E-state index < -0.39 is 0 Å². The predicted octanol–water partition coefficient (Wildman–Crippen LogP) is 2.11. The molecule has 3 aromatic rings. The highest BCUT2D eigenvalue weighted by Crippen LogP contribution is 2.15. The number of aromatic nitrogens is 3. The lowest BCUT2D eigenvalue weighted by atomic mass is 10.2. The zero-order chi connectivity index (χ0) is 10.8. The van der Waals surface area contributed by atoms with Crippen molar-refractivity contribution in [2.75, 3.05) is 5.43 Å². The minimum Gasteiger partial charge on any atom is -0.346 e. The zero-order valence-electron chi connectivity index (χ0n) is 8.72. The van der Waals surface area contributed by atoms with Gasteiger partial charge in [0.2, 0.25) is 0 Å². The van der Waals surface area contributed by atoms with Gasteiger partial charge in [-0.1, -0.05) is 0 Å². The summed E-state index contributed by atoms with van der Waals surface area (Å²) in [6.45, 7) is 0.778. The van der Waals surface area contributed by atoms with E-state index in [4.69, 9.17) is 0 Å². The third kappa shape index (κ3) is 1.54. The van der Waals surface area contributed by atoms with Crippen LogP contribution >= 0.6 is 0 Å². The van der Waals surface area contributed by atoms with Gasteiger partial charge in [0.05, 0.1) is 6.54 Å². The molecule has 4 heteroatoms. The first-order chi connectivity index (χ1) is 7.93. The molecule has 2 N–H and O–H groups in total. The molecule has 0 aliphatic heterocycles. The first kappa shape index (κ1) is 9.03. The normalized spacial score (nSPS) is 10.8. The van der Waals surface area contributed by atoms with E-state index in [1.165, 1.54) is 10.9 Å². The number of H-pyrrole nitrogens is 1. The highest BCUT2D eigenvalue weighted by Gasteiger charge is 2.02. The molecule has 0 spiro atoms. The third-order valence-corrected chi connectivity index (χ3v) is 2.59. The Bertz CT molecular complexity index is 580. The monoisotopic (exact) mass is 212 g/mol. The predicted molar refractivity (Wildman–Crippen MR) is 63.6 cm³/mol. The Kier molecular flexibility index (Phi) is 2.11. The molecule has 0 bridgehead atoms. The topological polar surface area (TPSA) is 45.6 Å². The van der Waals surface area contributed by atoms with Gasteiger partial charge in [0, 0.05) is 30.2 Å². The number of rotatable bonds is 3. The first-order valence-electron chi connectivity index (χ1n) is 5.21. The average Bonchev–Trinajstić information content (AvgIpc) is 2.96. The average molecular weight is 212 g/mol. The molecule has 3 heterocycles. The summed E-state index contributed by atoms with van der Waals surface area (Å²) in [5.41, 5.74) is 5.44. The molecule has 0 saturated carbocycles. The molecular formula is C12H12N4. The second kappa shape index (κ2) is 3.73. The van der Waals surface area contributed by atoms with Crippen LogP contribution in [-0.4, -0.2) is 14.6 Å². The Labute approximate surface area is 92.9 Å². The molecule has 80 valence electrons. The highest BCUT2D eigenvalue weighted by atomic mass is 15.4. The van der Waals surface area contributed by atoms with Crippen molar-refractivity contribution >= 4 is 11.0 Å². The molecule has 0 aliphatic rings. The number of pyridine rings is 1. The van der Waals surface area contributed by atoms with Crippen LogP contribution in [0, 0.1) is 0 Å². The summed E-state index contributed by atoms with van der Waals surface area (Å²) >= 11 is 0. The van der Waals surface area contributed by atoms with Crippen LogP contribution in [0.1, 0.15) is 5.56 Å². The molecular weight excluding hydrogens is 200 g/mol. The molecule has 0 fully saturated rings. The van der Waals surface area contributed by atoms with E-state index in [0.717, 1.165) is 12.2 Å². The maximum Gasteiger partial charge on any atom is 0.137 e. The van der Waals surface area contributed by atoms with Crippen molar-refractivity contribution in [2.45, 2.75) is 6.54 Å². The van der Waals surface area contributed by atoms with Crippen LogP contribution in [0.25, 0.3) is 11.0 Å². The zero-order valence-corrected chi connectivity index (χ0v) is 8.72. The van der Waals surface area contributed by atoms with E-state index in [1.54, 1.807) is 6.20 Å². The number of aromatic amines is 1. The van der Waals surface area contributed by atoms with Crippen LogP contribution in [-0.2, 0) is 6.54 Å². The van der Waals surface area contributed by atoms with E-state index in [1.807, 2.05) is 41.5 Å². The van der Waals surface area contributed by atoms with Crippen LogP contribution in [0.3, 0.4) is 0 Å². The van der Waals surface area contributed by atoms with Crippen molar-refractivity contribution in [2.24, 2.45) is 0 Å². The quantitative estimate of drug-likeness (QED) is 0.698. The van der Waals surface area contributed by atoms with E-state index in [0.29, 0.717) is 0 Å². The van der Waals surface area contributed by atoms with Gasteiger partial charge in [-0.25, -0.2) is 4.98 Å². The highest BCUT2D eigenvalue weighted by molar-refractivity contribution is 5.79. The molecule has 3 rings (SSSR count). The largest absolute Gasteiger partial charge is 0.346 e. The molecule has 0 aliphatic carbocycles. The van der Waals surface area contributed by atoms with Crippen LogP contribution in [0.2, 0.25) is 0 Å². The van der Waals surface area contributed by atoms with E-state index in [2.05, 4.69) is 21.5 Å². The minimum absolute atomic E-state index is 0.778. The number of nitrogens with zero attached hydrogens (tertiary/aromatic N) is 2. The van der Waals surface area contributed by atoms with Crippen molar-refractivity contribution in [3.8, 4) is 0 Å². The van der Waals surface area contributed by atoms with Gasteiger partial charge in [-0.05, 0) is 29.8 Å². The Morgan fingerprint density at radius 3 is 3.00 bits per heavy atom. The fourth-order valence-corrected chi connectivity index (χ4v) is 1.78. The maximum atomic E-state index is 4.26. The molecule has 0 aromatic carbocycles. The summed E-state index contributed by atoms with van der Waals surface area (Å²) in [4.78, 5) is 7.41. The molecule has 0 saturated heterocycles. The molecule has 0 amide bonds. The van der Waals surface area contributed by atoms with Gasteiger partial charge in [-0.2, -0.15) is 0 Å². The van der Waals surface area contributed by atoms with Gasteiger partial charge < -0.3 is 10.4 Å². The molecule has 0 atom stereocenters. The van der Waals surface area contributed by atoms with Gasteiger partial charge in [-0.3, -0.25) is 4.68 Å². The Balaban J connectivity index is 1.84. The van der Waals surface area contributed by atoms with Gasteiger partial charge in [0.25, 0.3) is 0 Å². The van der Waals surface area contributed by atoms with Gasteiger partial charge in [-0.15, -0.1) is 0 Å². The second-order valence-corrected chi connectivity index (χ2v) is 3.64. The second-order valence-electron chi connectivity index (χ2n) is 3.64. The summed E-state index contributed by atoms with van der Waals surface area (Å²) in [5, 5.41) is 1.17. The Morgan fingerprint density at radius 1 is 1.25 bits per heavy atom. The fourth-order valence-electron chi connectivity index (χ4n) is 1.78. The lowest BCUT2D eigenvalue weighted by molar-refractivity contribution is 0.850. The van der Waals surface area contributed by atoms with Gasteiger partial charge in [0.1, 0.15) is 5.65 Å². The van der Waals surface area contributed by atoms with Crippen LogP contribution < -0.4 is 5.43 Å². The first-order valence-corrected chi connectivity index (χ1v) is 5.21. The van der Waals surface area contributed by atoms with E-state index >= 15 is 0 Å². The summed E-state index contributed by atoms with van der Waals surface area (Å²) < 4.78 is 1.94. The van der Waals surface area contributed by atoms with Crippen molar-refractivity contribution in [1.82, 2.24) is 14.6 Å². The van der Waals surface area contributed by atoms with Crippen LogP contribution in [0.4, 0.5) is 0 Å². The summed E-state index contributed by atoms with van der Waals surface area (Å²) in [5.74, 6) is 0. The van der Waals surface area contributed by atoms with Crippen LogP contribution in [0.5, 0.6) is 0 Å². The van der Waals surface area contributed by atoms with Crippen molar-refractivity contribution < 1.29 is 0 Å². The Hall–Kier alpha value is -2.23. The lowest BCUT2D eigenvalue weighted by Crippen LogP contribution is -2.11. The number of hydrogen-bond acceptors (Lipinski definition) is 2. The van der Waals surface area contributed by atoms with Crippen molar-refractivity contribution in [3.63, 3.8) is 0 Å². The smallest absolute Gasteiger partial charge is 0.137 e. The summed E-state index contributed by atoms with van der Waals surface area (Å²) in [6, 6.07) is 8.01. The molecule has 0 unspecified atom stereocenters. The minimum atomic E-state index is 0.778. The third-order valence-electron chi connectivity index (χ3n) is 2.59. The standard InChI is InChI=1S/C12H12N4/c1-2-7-16(6-1)15-9-10-8-14-12-11(10)4-3-5-13-12/h1-8,15H,9H2,(H,13,14). The van der Waals surface area contributed by atoms with Crippen LogP contribution in [0.15, 0.2) is 49.1 Å². The SMILES string of the molecule is c1cnc2[nH]cc(CNn3cccc3)c2c1. The number of nitrogens with one attached hydrogen (secondary N) is 2. The van der Waals surface area contributed by atoms with Gasteiger partial charge in [0.15, 0.2) is 0 Å². The Morgan fingerprint density at radius 2 is 2.12 bits per heavy atom. The van der Waals surface area contributed by atoms with E-state index in [9.17, 15) is 0 Å². The summed E-state index contributed by atoms with van der Waals surface area (Å²) in [7, 11) is 0. The molecule has 4 nitrogen and oxygen atoms in total. The van der Waals surface area contributed by atoms with Gasteiger partial charge >= 0.3 is 0 Å². The molecule has 16 heavy (non-hydrogen) atoms. The fraction of sp³-hybridized carbons (Fsp3) is 0.0833. The maximum absolute atomic E-state index is 4.26. The summed E-state index contributed by atoms with van der Waals surface area (Å²) in [6.07, 6.45) is 7.75. The lowest BCUT2D eigenvalue weighted by Gasteiger charge is -2.05. The molecule has 0 radical (unpaired) electrons. The van der Waals surface area contributed by atoms with Crippen molar-refractivity contribution in [3.05, 3.63) is 54.6 Å².